The lowest BCUT2D eigenvalue weighted by Gasteiger charge is -2.21. The average Bonchev–Trinajstić information content (AvgIpc) is 2.52. The van der Waals surface area contributed by atoms with Crippen molar-refractivity contribution in [2.24, 2.45) is 0 Å². The number of hydrogen-bond donors (Lipinski definition) is 2. The molecule has 24 heavy (non-hydrogen) atoms. The number of alkyl halides is 3. The van der Waals surface area contributed by atoms with Crippen LogP contribution in [0.5, 0.6) is 0 Å². The topological polar surface area (TPSA) is 66.9 Å². The molecule has 9 heteroatoms. The third-order valence-corrected chi connectivity index (χ3v) is 4.75. The van der Waals surface area contributed by atoms with Crippen LogP contribution in [0.2, 0.25) is 0 Å². The summed E-state index contributed by atoms with van der Waals surface area (Å²) in [5, 5.41) is 3.05. The Labute approximate surface area is 138 Å². The molecule has 0 unspecified atom stereocenters. The molecule has 1 aliphatic rings. The van der Waals surface area contributed by atoms with Crippen molar-refractivity contribution in [3.8, 4) is 0 Å². The van der Waals surface area contributed by atoms with Crippen LogP contribution in [0.4, 0.5) is 24.5 Å². The van der Waals surface area contributed by atoms with E-state index in [9.17, 15) is 22.8 Å². The Morgan fingerprint density at radius 2 is 2.00 bits per heavy atom. The second-order valence-corrected chi connectivity index (χ2v) is 6.43. The Morgan fingerprint density at radius 3 is 2.67 bits per heavy atom. The zero-order chi connectivity index (χ0) is 17.5. The second kappa shape index (κ2) is 6.04. The Kier molecular flexibility index (Phi) is 4.20. The number of nitrogens with one attached hydrogen (secondary N) is 2. The molecule has 1 aromatic heterocycles. The molecule has 3 rings (SSSR count). The molecule has 0 spiro atoms. The first-order chi connectivity index (χ1) is 11.3. The fourth-order valence-corrected chi connectivity index (χ4v) is 3.35. The smallest absolute Gasteiger partial charge is 0.348 e. The van der Waals surface area contributed by atoms with Gasteiger partial charge in [0.1, 0.15) is 10.7 Å². The largest absolute Gasteiger partial charge is 0.416 e. The molecule has 0 amide bonds. The van der Waals surface area contributed by atoms with Gasteiger partial charge in [-0.1, -0.05) is 25.1 Å². The minimum absolute atomic E-state index is 0.0996. The molecule has 1 aliphatic heterocycles. The molecule has 1 aromatic carbocycles. The van der Waals surface area contributed by atoms with E-state index in [1.165, 1.54) is 6.07 Å². The standard InChI is InChI=1S/C15H14F3N3O2S/c1-2-3-6-21-13(22)11-12(20-14(21)23)24-10-5-4-8(15(16,17)18)7-9(10)19-11/h4-5,7,19H,2-3,6H2,1H3,(H,20,23). The molecule has 0 saturated heterocycles. The number of nitrogens with zero attached hydrogens (tertiary/aromatic N) is 1. The highest BCUT2D eigenvalue weighted by Crippen LogP contribution is 2.43. The van der Waals surface area contributed by atoms with Crippen LogP contribution >= 0.6 is 11.8 Å². The van der Waals surface area contributed by atoms with Crippen LogP contribution in [-0.4, -0.2) is 9.55 Å². The van der Waals surface area contributed by atoms with E-state index >= 15 is 0 Å². The molecule has 0 saturated carbocycles. The number of H-pyrrole nitrogens is 1. The molecular formula is C15H14F3N3O2S. The Balaban J connectivity index is 2.05. The average molecular weight is 357 g/mol. The third-order valence-electron chi connectivity index (χ3n) is 3.67. The Bertz CT molecular complexity index is 902. The highest BCUT2D eigenvalue weighted by Gasteiger charge is 2.32. The molecule has 0 bridgehead atoms. The molecule has 0 atom stereocenters. The molecule has 0 fully saturated rings. The monoisotopic (exact) mass is 357 g/mol. The van der Waals surface area contributed by atoms with Crippen LogP contribution in [0.1, 0.15) is 25.3 Å². The number of aromatic amines is 1. The van der Waals surface area contributed by atoms with Crippen molar-refractivity contribution in [3.05, 3.63) is 44.6 Å². The number of halogens is 3. The first-order valence-electron chi connectivity index (χ1n) is 7.34. The number of hydrogen-bond acceptors (Lipinski definition) is 4. The van der Waals surface area contributed by atoms with Gasteiger partial charge in [0, 0.05) is 11.4 Å². The lowest BCUT2D eigenvalue weighted by Crippen LogP contribution is -2.37. The molecule has 128 valence electrons. The Morgan fingerprint density at radius 1 is 1.25 bits per heavy atom. The van der Waals surface area contributed by atoms with E-state index in [2.05, 4.69) is 10.3 Å². The maximum absolute atomic E-state index is 12.8. The summed E-state index contributed by atoms with van der Waals surface area (Å²) < 4.78 is 39.6. The van der Waals surface area contributed by atoms with Crippen molar-refractivity contribution in [1.29, 1.82) is 0 Å². The maximum Gasteiger partial charge on any atom is 0.416 e. The van der Waals surface area contributed by atoms with Gasteiger partial charge in [-0.2, -0.15) is 13.2 Å². The zero-order valence-corrected chi connectivity index (χ0v) is 13.5. The number of aromatic nitrogens is 2. The number of fused-ring (bicyclic) bond motifs is 2. The summed E-state index contributed by atoms with van der Waals surface area (Å²) in [6, 6.07) is 3.25. The van der Waals surface area contributed by atoms with Gasteiger partial charge in [-0.3, -0.25) is 14.3 Å². The molecular weight excluding hydrogens is 343 g/mol. The fourth-order valence-electron chi connectivity index (χ4n) is 2.40. The van der Waals surface area contributed by atoms with E-state index in [0.29, 0.717) is 16.3 Å². The van der Waals surface area contributed by atoms with Crippen molar-refractivity contribution in [2.45, 2.75) is 42.4 Å². The van der Waals surface area contributed by atoms with Gasteiger partial charge in [-0.05, 0) is 24.6 Å². The summed E-state index contributed by atoms with van der Waals surface area (Å²) in [7, 11) is 0. The van der Waals surface area contributed by atoms with E-state index in [0.717, 1.165) is 34.9 Å². The number of benzene rings is 1. The van der Waals surface area contributed by atoms with Crippen molar-refractivity contribution >= 4 is 23.1 Å². The molecule has 2 N–H and O–H groups in total. The minimum Gasteiger partial charge on any atom is -0.348 e. The van der Waals surface area contributed by atoms with E-state index in [-0.39, 0.29) is 17.9 Å². The molecule has 0 radical (unpaired) electrons. The van der Waals surface area contributed by atoms with Gasteiger partial charge in [0.05, 0.1) is 11.3 Å². The van der Waals surface area contributed by atoms with Gasteiger partial charge in [-0.15, -0.1) is 0 Å². The van der Waals surface area contributed by atoms with Crippen LogP contribution in [0.15, 0.2) is 37.7 Å². The first kappa shape index (κ1) is 16.7. The lowest BCUT2D eigenvalue weighted by atomic mass is 10.2. The predicted octanol–water partition coefficient (Wildman–Crippen LogP) is 3.56. The van der Waals surface area contributed by atoms with E-state index in [4.69, 9.17) is 0 Å². The molecule has 2 aromatic rings. The normalized spacial score (nSPS) is 13.2. The minimum atomic E-state index is -4.46. The third kappa shape index (κ3) is 2.95. The van der Waals surface area contributed by atoms with E-state index in [1.54, 1.807) is 0 Å². The van der Waals surface area contributed by atoms with Gasteiger partial charge >= 0.3 is 11.9 Å². The van der Waals surface area contributed by atoms with Crippen molar-refractivity contribution < 1.29 is 13.2 Å². The highest BCUT2D eigenvalue weighted by molar-refractivity contribution is 7.99. The zero-order valence-electron chi connectivity index (χ0n) is 12.7. The van der Waals surface area contributed by atoms with Crippen molar-refractivity contribution in [3.63, 3.8) is 0 Å². The van der Waals surface area contributed by atoms with Crippen LogP contribution in [0.25, 0.3) is 0 Å². The van der Waals surface area contributed by atoms with E-state index in [1.807, 2.05) is 6.92 Å². The maximum atomic E-state index is 12.8. The van der Waals surface area contributed by atoms with Gasteiger partial charge in [0.15, 0.2) is 0 Å². The number of unbranched alkanes of at least 4 members (excludes halogenated alkanes) is 1. The number of anilines is 2. The second-order valence-electron chi connectivity index (χ2n) is 5.38. The predicted molar refractivity (Wildman–Crippen MR) is 85.1 cm³/mol. The summed E-state index contributed by atoms with van der Waals surface area (Å²) in [5.74, 6) is 0. The number of rotatable bonds is 3. The fraction of sp³-hybridized carbons (Fsp3) is 0.333. The molecule has 5 nitrogen and oxygen atoms in total. The van der Waals surface area contributed by atoms with Gasteiger partial charge in [-0.25, -0.2) is 4.79 Å². The lowest BCUT2D eigenvalue weighted by molar-refractivity contribution is -0.137. The summed E-state index contributed by atoms with van der Waals surface area (Å²) in [6.45, 7) is 2.19. The van der Waals surface area contributed by atoms with Crippen molar-refractivity contribution in [2.75, 3.05) is 5.32 Å². The summed E-state index contributed by atoms with van der Waals surface area (Å²) in [5.41, 5.74) is -1.54. The summed E-state index contributed by atoms with van der Waals surface area (Å²) in [6.07, 6.45) is -3.00. The quantitative estimate of drug-likeness (QED) is 0.704. The van der Waals surface area contributed by atoms with Crippen LogP contribution < -0.4 is 16.6 Å². The summed E-state index contributed by atoms with van der Waals surface area (Å²) in [4.78, 5) is 27.6. The summed E-state index contributed by atoms with van der Waals surface area (Å²) >= 11 is 1.06. The van der Waals surface area contributed by atoms with E-state index < -0.39 is 23.0 Å². The van der Waals surface area contributed by atoms with Crippen LogP contribution in [-0.2, 0) is 12.7 Å². The molecule has 2 heterocycles. The first-order valence-corrected chi connectivity index (χ1v) is 8.16. The van der Waals surface area contributed by atoms with Gasteiger partial charge in [0.2, 0.25) is 0 Å². The molecule has 0 aliphatic carbocycles. The Hall–Kier alpha value is -2.16. The van der Waals surface area contributed by atoms with Crippen molar-refractivity contribution in [1.82, 2.24) is 9.55 Å². The van der Waals surface area contributed by atoms with Crippen LogP contribution in [0.3, 0.4) is 0 Å². The van der Waals surface area contributed by atoms with Gasteiger partial charge < -0.3 is 5.32 Å². The van der Waals surface area contributed by atoms with Crippen LogP contribution in [0, 0.1) is 0 Å². The van der Waals surface area contributed by atoms with Gasteiger partial charge in [0.25, 0.3) is 5.56 Å². The SMILES string of the molecule is CCCCn1c(=O)[nH]c2c(c1=O)Nc1cc(C(F)(F)F)ccc1S2. The highest BCUT2D eigenvalue weighted by atomic mass is 32.2.